The van der Waals surface area contributed by atoms with Crippen LogP contribution in [0.2, 0.25) is 0 Å². The molecule has 0 aromatic carbocycles. The van der Waals surface area contributed by atoms with Gasteiger partial charge in [-0.3, -0.25) is 23.7 Å². The number of anilines is 3. The molecule has 3 aromatic rings. The number of aliphatic hydroxyl groups is 1. The molecule has 5 rings (SSSR count). The van der Waals surface area contributed by atoms with E-state index < -0.39 is 29.9 Å². The van der Waals surface area contributed by atoms with E-state index in [9.17, 15) is 34.2 Å². The standard InChI is InChI=1S/C29H33N7O8/c1-16-20-15-31-28(33-24(20)36(18-5-3-4-6-18)25(40)23(16)17(2)37)32-21-8-7-19(14-30-21)34-9-11-35(12-10-34)26(41)29(44,27(42)43)13-22(38)39/h7-8,14-15,18,44H,3-6,9-13H2,1-2H3,(H,38,39)(H,42,43)(H,30,31,32,33). The molecular weight excluding hydrogens is 574 g/mol. The number of nitrogens with one attached hydrogen (secondary N) is 1. The smallest absolute Gasteiger partial charge is 0.346 e. The third-order valence-electron chi connectivity index (χ3n) is 8.28. The lowest BCUT2D eigenvalue weighted by Crippen LogP contribution is -2.59. The van der Waals surface area contributed by atoms with Crippen LogP contribution < -0.4 is 15.8 Å². The van der Waals surface area contributed by atoms with Crippen molar-refractivity contribution in [2.45, 2.75) is 57.6 Å². The minimum atomic E-state index is -3.03. The minimum Gasteiger partial charge on any atom is -0.481 e. The maximum absolute atomic E-state index is 13.4. The number of hydrogen-bond donors (Lipinski definition) is 4. The number of aromatic nitrogens is 4. The Bertz CT molecular complexity index is 1690. The SMILES string of the molecule is CC(=O)c1c(C)c2cnc(Nc3ccc(N4CCN(C(=O)C(O)(CC(=O)O)C(=O)O)CC4)cn3)nc2n(C2CCCC2)c1=O. The molecule has 1 amide bonds. The van der Waals surface area contributed by atoms with Gasteiger partial charge in [-0.15, -0.1) is 0 Å². The maximum Gasteiger partial charge on any atom is 0.346 e. The summed E-state index contributed by atoms with van der Waals surface area (Å²) in [5.74, 6) is -4.29. The van der Waals surface area contributed by atoms with Crippen LogP contribution >= 0.6 is 0 Å². The minimum absolute atomic E-state index is 0.0466. The van der Waals surface area contributed by atoms with Gasteiger partial charge in [0.1, 0.15) is 11.5 Å². The second-order valence-corrected chi connectivity index (χ2v) is 11.1. The number of piperazine rings is 1. The molecule has 4 N–H and O–H groups in total. The lowest BCUT2D eigenvalue weighted by Gasteiger charge is -2.38. The summed E-state index contributed by atoms with van der Waals surface area (Å²) in [4.78, 5) is 77.5. The number of carbonyl (C=O) groups excluding carboxylic acids is 2. The highest BCUT2D eigenvalue weighted by Crippen LogP contribution is 2.32. The van der Waals surface area contributed by atoms with Gasteiger partial charge in [0.05, 0.1) is 23.9 Å². The average molecular weight is 608 g/mol. The highest BCUT2D eigenvalue weighted by Gasteiger charge is 2.49. The monoisotopic (exact) mass is 607 g/mol. The molecule has 15 nitrogen and oxygen atoms in total. The van der Waals surface area contributed by atoms with E-state index in [0.717, 1.165) is 36.3 Å². The van der Waals surface area contributed by atoms with Crippen molar-refractivity contribution < 1.29 is 34.5 Å². The van der Waals surface area contributed by atoms with E-state index in [1.807, 2.05) is 4.90 Å². The summed E-state index contributed by atoms with van der Waals surface area (Å²) in [7, 11) is 0. The van der Waals surface area contributed by atoms with Crippen molar-refractivity contribution in [3.05, 3.63) is 46.0 Å². The number of pyridine rings is 2. The fourth-order valence-corrected chi connectivity index (χ4v) is 5.96. The number of amides is 1. The number of carbonyl (C=O) groups is 4. The highest BCUT2D eigenvalue weighted by molar-refractivity contribution is 6.07. The molecule has 2 aliphatic rings. The molecule has 232 valence electrons. The van der Waals surface area contributed by atoms with Crippen LogP contribution in [0.15, 0.2) is 29.3 Å². The molecule has 1 aliphatic heterocycles. The Morgan fingerprint density at radius 2 is 1.70 bits per heavy atom. The van der Waals surface area contributed by atoms with Crippen molar-refractivity contribution in [1.82, 2.24) is 24.4 Å². The van der Waals surface area contributed by atoms with Crippen molar-refractivity contribution in [2.75, 3.05) is 36.4 Å². The summed E-state index contributed by atoms with van der Waals surface area (Å²) >= 11 is 0. The van der Waals surface area contributed by atoms with Crippen molar-refractivity contribution in [3.8, 4) is 0 Å². The lowest BCUT2D eigenvalue weighted by molar-refractivity contribution is -0.177. The first-order valence-electron chi connectivity index (χ1n) is 14.3. The van der Waals surface area contributed by atoms with E-state index in [1.165, 1.54) is 6.92 Å². The second-order valence-electron chi connectivity index (χ2n) is 11.1. The average Bonchev–Trinajstić information content (AvgIpc) is 3.51. The zero-order chi connectivity index (χ0) is 31.8. The van der Waals surface area contributed by atoms with Crippen LogP contribution in [0.3, 0.4) is 0 Å². The third-order valence-corrected chi connectivity index (χ3v) is 8.28. The number of ketones is 1. The van der Waals surface area contributed by atoms with Crippen molar-refractivity contribution >= 4 is 52.1 Å². The number of fused-ring (bicyclic) bond motifs is 1. The molecule has 1 atom stereocenters. The molecule has 3 aromatic heterocycles. The number of hydrogen-bond acceptors (Lipinski definition) is 11. The molecule has 15 heteroatoms. The number of aryl methyl sites for hydroxylation is 1. The molecule has 0 radical (unpaired) electrons. The first-order chi connectivity index (χ1) is 20.9. The van der Waals surface area contributed by atoms with Crippen molar-refractivity contribution in [3.63, 3.8) is 0 Å². The van der Waals surface area contributed by atoms with Gasteiger partial charge in [0.2, 0.25) is 5.95 Å². The lowest BCUT2D eigenvalue weighted by atomic mass is 9.97. The highest BCUT2D eigenvalue weighted by atomic mass is 16.4. The normalized spacial score (nSPS) is 17.0. The van der Waals surface area contributed by atoms with Gasteiger partial charge in [0.25, 0.3) is 17.1 Å². The largest absolute Gasteiger partial charge is 0.481 e. The number of nitrogens with zero attached hydrogens (tertiary/aromatic N) is 6. The van der Waals surface area contributed by atoms with Crippen LogP contribution in [0.1, 0.15) is 61.0 Å². The van der Waals surface area contributed by atoms with Gasteiger partial charge < -0.3 is 30.4 Å². The first-order valence-corrected chi connectivity index (χ1v) is 14.3. The van der Waals surface area contributed by atoms with Gasteiger partial charge in [-0.25, -0.2) is 14.8 Å². The van der Waals surface area contributed by atoms with Gasteiger partial charge in [0, 0.05) is 43.8 Å². The van der Waals surface area contributed by atoms with Crippen LogP contribution in [0.4, 0.5) is 17.5 Å². The molecule has 4 heterocycles. The molecule has 0 bridgehead atoms. The van der Waals surface area contributed by atoms with Crippen LogP contribution in [-0.4, -0.2) is 95.1 Å². The van der Waals surface area contributed by atoms with Gasteiger partial charge in [-0.05, 0) is 44.4 Å². The molecule has 1 aliphatic carbocycles. The van der Waals surface area contributed by atoms with E-state index in [2.05, 4.69) is 20.3 Å². The predicted molar refractivity (Wildman–Crippen MR) is 157 cm³/mol. The van der Waals surface area contributed by atoms with Gasteiger partial charge >= 0.3 is 11.9 Å². The Hall–Kier alpha value is -4.92. The van der Waals surface area contributed by atoms with Crippen LogP contribution in [0.5, 0.6) is 0 Å². The first kappa shape index (κ1) is 30.5. The second kappa shape index (κ2) is 12.0. The molecule has 44 heavy (non-hydrogen) atoms. The zero-order valence-electron chi connectivity index (χ0n) is 24.3. The Balaban J connectivity index is 1.31. The fraction of sp³-hybridized carbons (Fsp3) is 0.448. The van der Waals surface area contributed by atoms with Crippen molar-refractivity contribution in [1.29, 1.82) is 0 Å². The van der Waals surface area contributed by atoms with E-state index in [4.69, 9.17) is 5.11 Å². The summed E-state index contributed by atoms with van der Waals surface area (Å²) in [6, 6.07) is 3.46. The number of rotatable bonds is 9. The topological polar surface area (TPSA) is 208 Å². The summed E-state index contributed by atoms with van der Waals surface area (Å²) in [6.07, 6.45) is 5.63. The Morgan fingerprint density at radius 1 is 1.02 bits per heavy atom. The van der Waals surface area contributed by atoms with Gasteiger partial charge in [-0.1, -0.05) is 12.8 Å². The van der Waals surface area contributed by atoms with E-state index in [1.54, 1.807) is 36.0 Å². The Kier molecular flexibility index (Phi) is 8.32. The summed E-state index contributed by atoms with van der Waals surface area (Å²) in [6.45, 7) is 3.88. The molecule has 2 fully saturated rings. The third kappa shape index (κ3) is 5.69. The number of Topliss-reactive ketones (excluding diaryl/α,β-unsaturated/α-hetero) is 1. The quantitative estimate of drug-likeness (QED) is 0.201. The predicted octanol–water partition coefficient (Wildman–Crippen LogP) is 1.50. The number of carboxylic acids is 2. The summed E-state index contributed by atoms with van der Waals surface area (Å²) in [5.41, 5.74) is -1.47. The maximum atomic E-state index is 13.4. The van der Waals surface area contributed by atoms with E-state index in [-0.39, 0.29) is 42.0 Å². The van der Waals surface area contributed by atoms with Crippen molar-refractivity contribution in [2.24, 2.45) is 0 Å². The molecule has 1 saturated carbocycles. The summed E-state index contributed by atoms with van der Waals surface area (Å²) in [5, 5.41) is 32.2. The number of aliphatic carboxylic acids is 2. The van der Waals surface area contributed by atoms with Crippen LogP contribution in [0.25, 0.3) is 11.0 Å². The van der Waals surface area contributed by atoms with E-state index in [0.29, 0.717) is 35.5 Å². The molecule has 1 unspecified atom stereocenters. The molecule has 1 saturated heterocycles. The van der Waals surface area contributed by atoms with Gasteiger partial charge in [0.15, 0.2) is 5.78 Å². The summed E-state index contributed by atoms with van der Waals surface area (Å²) < 4.78 is 1.64. The Morgan fingerprint density at radius 3 is 2.27 bits per heavy atom. The van der Waals surface area contributed by atoms with E-state index >= 15 is 0 Å². The number of carboxylic acid groups (broad SMARTS) is 2. The molecule has 0 spiro atoms. The Labute approximate surface area is 251 Å². The zero-order valence-corrected chi connectivity index (χ0v) is 24.3. The fourth-order valence-electron chi connectivity index (χ4n) is 5.96. The van der Waals surface area contributed by atoms with Crippen LogP contribution in [-0.2, 0) is 14.4 Å². The molecular formula is C29H33N7O8. The van der Waals surface area contributed by atoms with Crippen LogP contribution in [0, 0.1) is 6.92 Å². The van der Waals surface area contributed by atoms with Gasteiger partial charge in [-0.2, -0.15) is 4.98 Å².